The maximum absolute atomic E-state index is 12.9. The maximum Gasteiger partial charge on any atom is 0.251 e. The Labute approximate surface area is 424 Å². The first kappa shape index (κ1) is 58.2. The Kier molecular flexibility index (Phi) is 30.8. The van der Waals surface area contributed by atoms with Gasteiger partial charge in [0.25, 0.3) is 11.8 Å². The van der Waals surface area contributed by atoms with Crippen LogP contribution < -0.4 is 29.6 Å². The van der Waals surface area contributed by atoms with Gasteiger partial charge in [-0.3, -0.25) is 9.59 Å². The van der Waals surface area contributed by atoms with E-state index in [0.29, 0.717) is 44.7 Å². The molecule has 0 radical (unpaired) electrons. The average molecular weight is 1070 g/mol. The standard InChI is InChI=1S/2C28H40BrNO4/c2*1-3-4-5-6-7-8-9-10-11-12-16-30-28(32)23-20-25(22-14-13-15-24(19-22)33-2)27(26(29)21-23)34-18-17-31/h2*13-15,19-21,31H,3-12,16-18H2,1-2H3,(H,30,32). The number of halogens is 2. The second-order valence-corrected chi connectivity index (χ2v) is 18.9. The Hall–Kier alpha value is -4.10. The summed E-state index contributed by atoms with van der Waals surface area (Å²) in [5, 5.41) is 24.5. The number of benzene rings is 4. The van der Waals surface area contributed by atoms with E-state index in [0.717, 1.165) is 59.4 Å². The number of amides is 2. The summed E-state index contributed by atoms with van der Waals surface area (Å²) in [6, 6.07) is 22.4. The lowest BCUT2D eigenvalue weighted by molar-refractivity contribution is 0.0944. The molecule has 0 spiro atoms. The summed E-state index contributed by atoms with van der Waals surface area (Å²) in [5.74, 6) is 2.42. The zero-order valence-corrected chi connectivity index (χ0v) is 44.6. The third-order valence-electron chi connectivity index (χ3n) is 11.7. The second-order valence-electron chi connectivity index (χ2n) is 17.2. The third kappa shape index (κ3) is 22.1. The van der Waals surface area contributed by atoms with Crippen LogP contribution in [0.25, 0.3) is 22.3 Å². The van der Waals surface area contributed by atoms with Crippen molar-refractivity contribution in [2.24, 2.45) is 0 Å². The molecule has 0 unspecified atom stereocenters. The van der Waals surface area contributed by atoms with Gasteiger partial charge in [-0.05, 0) is 104 Å². The van der Waals surface area contributed by atoms with E-state index in [1.807, 2.05) is 60.7 Å². The predicted molar refractivity (Wildman–Crippen MR) is 286 cm³/mol. The van der Waals surface area contributed by atoms with Gasteiger partial charge >= 0.3 is 0 Å². The number of nitrogens with one attached hydrogen (secondary N) is 2. The topological polar surface area (TPSA) is 136 Å². The van der Waals surface area contributed by atoms with Crippen LogP contribution in [-0.4, -0.2) is 75.8 Å². The van der Waals surface area contributed by atoms with Gasteiger partial charge in [-0.1, -0.05) is 154 Å². The van der Waals surface area contributed by atoms with Crippen molar-refractivity contribution in [2.75, 3.05) is 53.7 Å². The van der Waals surface area contributed by atoms with E-state index < -0.39 is 0 Å². The number of unbranched alkanes of at least 4 members (excludes halogenated alkanes) is 18. The molecule has 0 atom stereocenters. The summed E-state index contributed by atoms with van der Waals surface area (Å²) in [5.41, 5.74) is 4.41. The van der Waals surface area contributed by atoms with Crippen molar-refractivity contribution in [2.45, 2.75) is 142 Å². The Morgan fingerprint density at radius 3 is 1.15 bits per heavy atom. The predicted octanol–water partition coefficient (Wildman–Crippen LogP) is 14.3. The normalized spacial score (nSPS) is 10.8. The third-order valence-corrected chi connectivity index (χ3v) is 12.9. The molecule has 0 saturated carbocycles. The quantitative estimate of drug-likeness (QED) is 0.0340. The Bertz CT molecular complexity index is 1890. The fraction of sp³-hybridized carbons (Fsp3) is 0.536. The van der Waals surface area contributed by atoms with Crippen molar-refractivity contribution in [1.82, 2.24) is 10.6 Å². The van der Waals surface area contributed by atoms with Crippen molar-refractivity contribution in [3.8, 4) is 45.3 Å². The summed E-state index contributed by atoms with van der Waals surface area (Å²) in [7, 11) is 3.24. The van der Waals surface area contributed by atoms with E-state index in [-0.39, 0.29) is 38.2 Å². The number of carbonyl (C=O) groups excluding carboxylic acids is 2. The molecule has 4 aromatic carbocycles. The number of aliphatic hydroxyl groups excluding tert-OH is 2. The van der Waals surface area contributed by atoms with Crippen LogP contribution in [0.1, 0.15) is 163 Å². The van der Waals surface area contributed by atoms with Gasteiger partial charge < -0.3 is 39.8 Å². The number of aliphatic hydroxyl groups is 2. The van der Waals surface area contributed by atoms with Crippen LogP contribution in [0.5, 0.6) is 23.0 Å². The van der Waals surface area contributed by atoms with Crippen LogP contribution >= 0.6 is 31.9 Å². The molecule has 0 heterocycles. The van der Waals surface area contributed by atoms with Crippen molar-refractivity contribution in [1.29, 1.82) is 0 Å². The molecule has 4 rings (SSSR count). The van der Waals surface area contributed by atoms with E-state index in [1.165, 1.54) is 103 Å². The molecule has 68 heavy (non-hydrogen) atoms. The number of methoxy groups -OCH3 is 2. The van der Waals surface area contributed by atoms with Crippen LogP contribution in [0.3, 0.4) is 0 Å². The Morgan fingerprint density at radius 2 is 0.824 bits per heavy atom. The minimum atomic E-state index is -0.102. The van der Waals surface area contributed by atoms with E-state index in [2.05, 4.69) is 56.3 Å². The minimum Gasteiger partial charge on any atom is -0.497 e. The Balaban J connectivity index is 0.000000360. The maximum atomic E-state index is 12.9. The van der Waals surface area contributed by atoms with Gasteiger partial charge in [0.2, 0.25) is 0 Å². The van der Waals surface area contributed by atoms with Crippen LogP contribution in [-0.2, 0) is 0 Å². The van der Waals surface area contributed by atoms with Gasteiger partial charge in [-0.2, -0.15) is 0 Å². The zero-order valence-electron chi connectivity index (χ0n) is 41.4. The van der Waals surface area contributed by atoms with Crippen LogP contribution in [0, 0.1) is 0 Å². The highest BCUT2D eigenvalue weighted by molar-refractivity contribution is 9.11. The SMILES string of the molecule is CCCCCCCCCCCCNC(=O)c1cc(Br)c(OCCO)c(-c2cccc(OC)c2)c1.CCCCCCCCCCCCNC(=O)c1cc(Br)c(OCCO)c(-c2cccc(OC)c2)c1. The first-order chi connectivity index (χ1) is 33.2. The van der Waals surface area contributed by atoms with Crippen molar-refractivity contribution < 1.29 is 38.7 Å². The molecule has 2 amide bonds. The van der Waals surface area contributed by atoms with Gasteiger partial charge in [0.05, 0.1) is 36.4 Å². The first-order valence-corrected chi connectivity index (χ1v) is 26.8. The summed E-state index contributed by atoms with van der Waals surface area (Å²) < 4.78 is 23.6. The van der Waals surface area contributed by atoms with Crippen molar-refractivity contribution in [3.63, 3.8) is 0 Å². The molecule has 0 aliphatic heterocycles. The number of hydrogen-bond acceptors (Lipinski definition) is 8. The van der Waals surface area contributed by atoms with Crippen LogP contribution in [0.15, 0.2) is 81.7 Å². The lowest BCUT2D eigenvalue weighted by atomic mass is 10.0. The molecule has 12 heteroatoms. The number of ether oxygens (including phenoxy) is 4. The molecule has 0 aliphatic carbocycles. The van der Waals surface area contributed by atoms with Gasteiger partial charge in [-0.15, -0.1) is 0 Å². The molecular formula is C56H80Br2N2O8. The number of carbonyl (C=O) groups is 2. The van der Waals surface area contributed by atoms with E-state index in [9.17, 15) is 19.8 Å². The molecule has 0 bridgehead atoms. The zero-order chi connectivity index (χ0) is 49.2. The molecule has 0 saturated heterocycles. The molecule has 0 fully saturated rings. The highest BCUT2D eigenvalue weighted by Gasteiger charge is 2.19. The molecule has 0 aliphatic rings. The smallest absolute Gasteiger partial charge is 0.251 e. The lowest BCUT2D eigenvalue weighted by Gasteiger charge is -2.16. The summed E-state index contributed by atoms with van der Waals surface area (Å²) in [4.78, 5) is 25.7. The van der Waals surface area contributed by atoms with Gasteiger partial charge in [0.15, 0.2) is 0 Å². The van der Waals surface area contributed by atoms with Crippen molar-refractivity contribution >= 4 is 43.7 Å². The van der Waals surface area contributed by atoms with Crippen LogP contribution in [0.2, 0.25) is 0 Å². The molecule has 0 aromatic heterocycles. The molecule has 10 nitrogen and oxygen atoms in total. The number of hydrogen-bond donors (Lipinski definition) is 4. The largest absolute Gasteiger partial charge is 0.497 e. The molecule has 4 N–H and O–H groups in total. The van der Waals surface area contributed by atoms with Crippen LogP contribution in [0.4, 0.5) is 0 Å². The Morgan fingerprint density at radius 1 is 0.485 bits per heavy atom. The average Bonchev–Trinajstić information content (AvgIpc) is 3.36. The van der Waals surface area contributed by atoms with E-state index >= 15 is 0 Å². The minimum absolute atomic E-state index is 0.0922. The van der Waals surface area contributed by atoms with Gasteiger partial charge in [0, 0.05) is 35.3 Å². The fourth-order valence-corrected chi connectivity index (χ4v) is 9.03. The lowest BCUT2D eigenvalue weighted by Crippen LogP contribution is -2.24. The van der Waals surface area contributed by atoms with Gasteiger partial charge in [0.1, 0.15) is 36.2 Å². The molecule has 4 aromatic rings. The molecular weight excluding hydrogens is 988 g/mol. The molecule has 376 valence electrons. The number of rotatable bonds is 34. The van der Waals surface area contributed by atoms with Crippen molar-refractivity contribution in [3.05, 3.63) is 92.9 Å². The first-order valence-electron chi connectivity index (χ1n) is 25.2. The highest BCUT2D eigenvalue weighted by atomic mass is 79.9. The van der Waals surface area contributed by atoms with Gasteiger partial charge in [-0.25, -0.2) is 0 Å². The van der Waals surface area contributed by atoms with E-state index in [1.54, 1.807) is 26.4 Å². The fourth-order valence-electron chi connectivity index (χ4n) is 7.88. The summed E-state index contributed by atoms with van der Waals surface area (Å²) in [6.07, 6.45) is 25.4. The highest BCUT2D eigenvalue weighted by Crippen LogP contribution is 2.40. The van der Waals surface area contributed by atoms with E-state index in [4.69, 9.17) is 18.9 Å². The summed E-state index contributed by atoms with van der Waals surface area (Å²) >= 11 is 7.10. The second kappa shape index (κ2) is 35.9. The summed E-state index contributed by atoms with van der Waals surface area (Å²) in [6.45, 7) is 5.99. The monoisotopic (exact) mass is 1070 g/mol.